The second-order valence-electron chi connectivity index (χ2n) is 6.34. The number of thiazole rings is 1. The summed E-state index contributed by atoms with van der Waals surface area (Å²) in [6.07, 6.45) is 1.76. The van der Waals surface area contributed by atoms with Crippen LogP contribution in [-0.2, 0) is 9.53 Å². The van der Waals surface area contributed by atoms with E-state index in [2.05, 4.69) is 4.99 Å². The molecule has 1 aliphatic heterocycles. The predicted octanol–water partition coefficient (Wildman–Crippen LogP) is 3.51. The molecule has 0 aliphatic carbocycles. The van der Waals surface area contributed by atoms with Gasteiger partial charge in [0.05, 0.1) is 22.4 Å². The van der Waals surface area contributed by atoms with Crippen LogP contribution in [-0.4, -0.2) is 17.1 Å². The zero-order valence-electron chi connectivity index (χ0n) is 15.7. The summed E-state index contributed by atoms with van der Waals surface area (Å²) in [7, 11) is 0. The molecule has 5 nitrogen and oxygen atoms in total. The van der Waals surface area contributed by atoms with Crippen molar-refractivity contribution in [3.8, 4) is 0 Å². The summed E-state index contributed by atoms with van der Waals surface area (Å²) in [5, 5.41) is 2.49. The average Bonchev–Trinajstić information content (AvgIpc) is 3.32. The molecule has 2 aromatic heterocycles. The maximum absolute atomic E-state index is 13.3. The SMILES string of the molecule is CCOC(=O)C1=C(C)N=c2s/c(=C\c3ccccc3Cl)c(=O)n2[C@@H]1c1cccs1. The normalized spacial score (nSPS) is 16.5. The number of aromatic nitrogens is 1. The van der Waals surface area contributed by atoms with Gasteiger partial charge < -0.3 is 4.74 Å². The first kappa shape index (κ1) is 19.8. The van der Waals surface area contributed by atoms with E-state index >= 15 is 0 Å². The van der Waals surface area contributed by atoms with Crippen LogP contribution in [0.1, 0.15) is 30.3 Å². The number of ether oxygens (including phenoxy) is 1. The smallest absolute Gasteiger partial charge is 0.338 e. The maximum atomic E-state index is 13.3. The van der Waals surface area contributed by atoms with Gasteiger partial charge in [-0.3, -0.25) is 9.36 Å². The van der Waals surface area contributed by atoms with Gasteiger partial charge in [0.1, 0.15) is 6.04 Å². The van der Waals surface area contributed by atoms with Crippen LogP contribution in [0.25, 0.3) is 6.08 Å². The molecule has 3 heterocycles. The fourth-order valence-electron chi connectivity index (χ4n) is 3.24. The lowest BCUT2D eigenvalue weighted by Crippen LogP contribution is -2.39. The number of hydrogen-bond donors (Lipinski definition) is 0. The number of hydrogen-bond acceptors (Lipinski definition) is 6. The van der Waals surface area contributed by atoms with Crippen LogP contribution in [0.4, 0.5) is 0 Å². The van der Waals surface area contributed by atoms with Crippen LogP contribution >= 0.6 is 34.3 Å². The molecule has 3 aromatic rings. The van der Waals surface area contributed by atoms with Crippen molar-refractivity contribution in [1.29, 1.82) is 0 Å². The van der Waals surface area contributed by atoms with E-state index in [1.54, 1.807) is 30.6 Å². The van der Waals surface area contributed by atoms with Gasteiger partial charge in [-0.2, -0.15) is 0 Å². The highest BCUT2D eigenvalue weighted by Crippen LogP contribution is 2.33. The number of allylic oxidation sites excluding steroid dienone is 1. The third-order valence-corrected chi connectivity index (χ3v) is 6.77. The molecule has 29 heavy (non-hydrogen) atoms. The standard InChI is InChI=1S/C21H17ClN2O3S2/c1-3-27-20(26)17-12(2)23-21-24(18(17)15-9-6-10-28-15)19(25)16(29-21)11-13-7-4-5-8-14(13)22/h4-11,18H,3H2,1-2H3/b16-11-/t18-/m1/s1. The Morgan fingerprint density at radius 2 is 2.10 bits per heavy atom. The summed E-state index contributed by atoms with van der Waals surface area (Å²) >= 11 is 9.03. The maximum Gasteiger partial charge on any atom is 0.338 e. The molecule has 1 aliphatic rings. The summed E-state index contributed by atoms with van der Waals surface area (Å²) in [6.45, 7) is 3.79. The minimum atomic E-state index is -0.557. The molecule has 0 bridgehead atoms. The molecule has 1 aromatic carbocycles. The van der Waals surface area contributed by atoms with Gasteiger partial charge in [-0.1, -0.05) is 47.2 Å². The molecule has 4 rings (SSSR count). The van der Waals surface area contributed by atoms with Gasteiger partial charge in [0.2, 0.25) is 0 Å². The molecule has 0 spiro atoms. The van der Waals surface area contributed by atoms with E-state index in [1.807, 2.05) is 35.7 Å². The molecule has 0 saturated heterocycles. The van der Waals surface area contributed by atoms with Gasteiger partial charge in [0.25, 0.3) is 5.56 Å². The molecule has 0 radical (unpaired) electrons. The quantitative estimate of drug-likeness (QED) is 0.578. The second kappa shape index (κ2) is 8.10. The molecule has 0 N–H and O–H groups in total. The van der Waals surface area contributed by atoms with Crippen molar-refractivity contribution >= 4 is 46.3 Å². The molecule has 0 saturated carbocycles. The van der Waals surface area contributed by atoms with Gasteiger partial charge in [0, 0.05) is 9.90 Å². The number of carbonyl (C=O) groups is 1. The van der Waals surface area contributed by atoms with Crippen molar-refractivity contribution in [3.05, 3.63) is 88.2 Å². The second-order valence-corrected chi connectivity index (χ2v) is 8.73. The lowest BCUT2D eigenvalue weighted by atomic mass is 10.0. The lowest BCUT2D eigenvalue weighted by Gasteiger charge is -2.23. The first-order valence-corrected chi connectivity index (χ1v) is 11.1. The molecule has 148 valence electrons. The van der Waals surface area contributed by atoms with Crippen LogP contribution in [0.2, 0.25) is 5.02 Å². The number of fused-ring (bicyclic) bond motifs is 1. The molecular weight excluding hydrogens is 428 g/mol. The Morgan fingerprint density at radius 1 is 1.31 bits per heavy atom. The van der Waals surface area contributed by atoms with Crippen molar-refractivity contribution in [3.63, 3.8) is 0 Å². The number of rotatable bonds is 4. The Kier molecular flexibility index (Phi) is 5.54. The highest BCUT2D eigenvalue weighted by molar-refractivity contribution is 7.10. The van der Waals surface area contributed by atoms with Crippen LogP contribution < -0.4 is 14.9 Å². The lowest BCUT2D eigenvalue weighted by molar-refractivity contribution is -0.139. The van der Waals surface area contributed by atoms with Crippen LogP contribution in [0.5, 0.6) is 0 Å². The van der Waals surface area contributed by atoms with E-state index < -0.39 is 12.0 Å². The van der Waals surface area contributed by atoms with E-state index in [4.69, 9.17) is 16.3 Å². The van der Waals surface area contributed by atoms with E-state index in [1.165, 1.54) is 22.7 Å². The van der Waals surface area contributed by atoms with E-state index in [0.717, 1.165) is 10.4 Å². The predicted molar refractivity (Wildman–Crippen MR) is 116 cm³/mol. The van der Waals surface area contributed by atoms with Crippen molar-refractivity contribution in [2.45, 2.75) is 19.9 Å². The summed E-state index contributed by atoms with van der Waals surface area (Å²) in [5.74, 6) is -0.451. The highest BCUT2D eigenvalue weighted by atomic mass is 35.5. The largest absolute Gasteiger partial charge is 0.463 e. The van der Waals surface area contributed by atoms with Crippen LogP contribution in [0.3, 0.4) is 0 Å². The molecule has 1 atom stereocenters. The third kappa shape index (κ3) is 3.61. The van der Waals surface area contributed by atoms with E-state index in [-0.39, 0.29) is 12.2 Å². The van der Waals surface area contributed by atoms with Crippen molar-refractivity contribution in [2.75, 3.05) is 6.61 Å². The molecule has 0 fully saturated rings. The Morgan fingerprint density at radius 3 is 2.79 bits per heavy atom. The zero-order chi connectivity index (χ0) is 20.5. The van der Waals surface area contributed by atoms with Crippen molar-refractivity contribution < 1.29 is 9.53 Å². The third-order valence-electron chi connectivity index (χ3n) is 4.52. The number of halogens is 1. The number of thiophene rings is 1. The molecule has 0 unspecified atom stereocenters. The molecule has 8 heteroatoms. The average molecular weight is 445 g/mol. The number of benzene rings is 1. The van der Waals surface area contributed by atoms with E-state index in [0.29, 0.717) is 25.6 Å². The van der Waals surface area contributed by atoms with Crippen LogP contribution in [0.15, 0.2) is 62.8 Å². The summed E-state index contributed by atoms with van der Waals surface area (Å²) in [6, 6.07) is 10.6. The fraction of sp³-hybridized carbons (Fsp3) is 0.190. The van der Waals surface area contributed by atoms with Crippen molar-refractivity contribution in [2.24, 2.45) is 4.99 Å². The number of esters is 1. The Hall–Kier alpha value is -2.48. The zero-order valence-corrected chi connectivity index (χ0v) is 18.1. The molecular formula is C21H17ClN2O3S2. The topological polar surface area (TPSA) is 60.7 Å². The Labute approximate surface area is 179 Å². The minimum absolute atomic E-state index is 0.207. The number of nitrogens with zero attached hydrogens (tertiary/aromatic N) is 2. The van der Waals surface area contributed by atoms with Gasteiger partial charge in [-0.05, 0) is 43.0 Å². The first-order valence-electron chi connectivity index (χ1n) is 8.99. The van der Waals surface area contributed by atoms with Gasteiger partial charge in [-0.25, -0.2) is 9.79 Å². The first-order chi connectivity index (χ1) is 14.0. The van der Waals surface area contributed by atoms with E-state index in [9.17, 15) is 9.59 Å². The summed E-state index contributed by atoms with van der Waals surface area (Å²) in [4.78, 5) is 32.0. The minimum Gasteiger partial charge on any atom is -0.463 e. The highest BCUT2D eigenvalue weighted by Gasteiger charge is 2.33. The number of carbonyl (C=O) groups excluding carboxylic acids is 1. The van der Waals surface area contributed by atoms with Gasteiger partial charge in [0.15, 0.2) is 4.80 Å². The summed E-state index contributed by atoms with van der Waals surface area (Å²) < 4.78 is 7.36. The van der Waals surface area contributed by atoms with Gasteiger partial charge in [-0.15, -0.1) is 11.3 Å². The fourth-order valence-corrected chi connectivity index (χ4v) is 5.29. The summed E-state index contributed by atoms with van der Waals surface area (Å²) in [5.41, 5.74) is 1.51. The Balaban J connectivity index is 1.96. The monoisotopic (exact) mass is 444 g/mol. The van der Waals surface area contributed by atoms with Crippen molar-refractivity contribution in [1.82, 2.24) is 4.57 Å². The van der Waals surface area contributed by atoms with Gasteiger partial charge >= 0.3 is 5.97 Å². The van der Waals surface area contributed by atoms with Crippen LogP contribution in [0, 0.1) is 0 Å². The molecule has 0 amide bonds. The Bertz CT molecular complexity index is 1290.